The number of nitrogens with one attached hydrogen (secondary N) is 1. The van der Waals surface area contributed by atoms with E-state index in [1.807, 2.05) is 24.3 Å². The van der Waals surface area contributed by atoms with Crippen molar-refractivity contribution in [2.45, 2.75) is 12.8 Å². The Labute approximate surface area is 144 Å². The molecule has 3 aromatic rings. The molecule has 2 aromatic carbocycles. The molecule has 0 radical (unpaired) electrons. The molecule has 0 unspecified atom stereocenters. The lowest BCUT2D eigenvalue weighted by atomic mass is 10.0. The molecule has 25 heavy (non-hydrogen) atoms. The minimum Gasteiger partial charge on any atom is -0.494 e. The van der Waals surface area contributed by atoms with Gasteiger partial charge in [-0.2, -0.15) is 0 Å². The minimum atomic E-state index is -0.333. The lowest BCUT2D eigenvalue weighted by Crippen LogP contribution is -2.04. The van der Waals surface area contributed by atoms with E-state index in [2.05, 4.69) is 15.1 Å². The molecule has 0 saturated carbocycles. The van der Waals surface area contributed by atoms with Crippen LogP contribution in [0.25, 0.3) is 0 Å². The van der Waals surface area contributed by atoms with Crippen LogP contribution < -0.4 is 4.74 Å². The van der Waals surface area contributed by atoms with Crippen molar-refractivity contribution in [3.05, 3.63) is 83.7 Å². The first-order valence-corrected chi connectivity index (χ1v) is 7.95. The normalized spacial score (nSPS) is 11.5. The first-order chi connectivity index (χ1) is 12.3. The van der Waals surface area contributed by atoms with Gasteiger partial charge in [-0.3, -0.25) is 0 Å². The highest BCUT2D eigenvalue weighted by Gasteiger charge is 2.08. The van der Waals surface area contributed by atoms with Crippen LogP contribution in [-0.2, 0) is 6.42 Å². The highest BCUT2D eigenvalue weighted by molar-refractivity contribution is 6.12. The van der Waals surface area contributed by atoms with Gasteiger partial charge in [-0.1, -0.05) is 5.16 Å². The average Bonchev–Trinajstić information content (AvgIpc) is 3.16. The maximum atomic E-state index is 13.0. The van der Waals surface area contributed by atoms with E-state index < -0.39 is 0 Å². The smallest absolute Gasteiger partial charge is 0.123 e. The molecule has 0 spiro atoms. The molecule has 1 heterocycles. The van der Waals surface area contributed by atoms with Gasteiger partial charge in [0, 0.05) is 23.0 Å². The summed E-state index contributed by atoms with van der Waals surface area (Å²) in [6.45, 7) is 0.595. The summed E-state index contributed by atoms with van der Waals surface area (Å²) in [7, 11) is 0. The van der Waals surface area contributed by atoms with E-state index >= 15 is 0 Å². The number of aromatic nitrogens is 2. The average molecular weight is 339 g/mol. The summed E-state index contributed by atoms with van der Waals surface area (Å²) in [6, 6.07) is 13.1. The van der Waals surface area contributed by atoms with Crippen LogP contribution >= 0.6 is 0 Å². The van der Waals surface area contributed by atoms with Crippen LogP contribution in [0.5, 0.6) is 5.75 Å². The van der Waals surface area contributed by atoms with E-state index in [4.69, 9.17) is 4.74 Å². The first kappa shape index (κ1) is 16.7. The molecule has 0 bridgehead atoms. The second-order valence-corrected chi connectivity index (χ2v) is 5.51. The lowest BCUT2D eigenvalue weighted by Gasteiger charge is -2.08. The van der Waals surface area contributed by atoms with Crippen molar-refractivity contribution in [2.75, 3.05) is 6.61 Å². The van der Waals surface area contributed by atoms with Gasteiger partial charge >= 0.3 is 0 Å². The number of aryl methyl sites for hydroxylation is 1. The lowest BCUT2D eigenvalue weighted by molar-refractivity contribution is 0.310. The van der Waals surface area contributed by atoms with Gasteiger partial charge in [-0.15, -0.1) is 0 Å². The Kier molecular flexibility index (Phi) is 5.41. The largest absolute Gasteiger partial charge is 0.494 e. The van der Waals surface area contributed by atoms with Gasteiger partial charge in [0.25, 0.3) is 0 Å². The monoisotopic (exact) mass is 339 g/mol. The summed E-state index contributed by atoms with van der Waals surface area (Å²) < 4.78 is 18.7. The Morgan fingerprint density at radius 3 is 2.36 bits per heavy atom. The van der Waals surface area contributed by atoms with Crippen LogP contribution in [0.4, 0.5) is 4.39 Å². The van der Waals surface area contributed by atoms with E-state index in [-0.39, 0.29) is 5.82 Å². The third-order valence-corrected chi connectivity index (χ3v) is 3.76. The molecule has 0 aliphatic rings. The summed E-state index contributed by atoms with van der Waals surface area (Å²) >= 11 is 0. The molecule has 6 heteroatoms. The van der Waals surface area contributed by atoms with Crippen LogP contribution in [0.3, 0.4) is 0 Å². The van der Waals surface area contributed by atoms with Gasteiger partial charge in [0.15, 0.2) is 0 Å². The van der Waals surface area contributed by atoms with Gasteiger partial charge < -0.3 is 14.9 Å². The van der Waals surface area contributed by atoms with Crippen molar-refractivity contribution >= 4 is 5.71 Å². The molecule has 2 N–H and O–H groups in total. The quantitative estimate of drug-likeness (QED) is 0.298. The van der Waals surface area contributed by atoms with Crippen molar-refractivity contribution in [2.24, 2.45) is 5.16 Å². The molecule has 1 aromatic heterocycles. The van der Waals surface area contributed by atoms with Crippen molar-refractivity contribution in [3.63, 3.8) is 0 Å². The Balaban J connectivity index is 1.58. The highest BCUT2D eigenvalue weighted by Crippen LogP contribution is 2.17. The highest BCUT2D eigenvalue weighted by atomic mass is 19.1. The van der Waals surface area contributed by atoms with Gasteiger partial charge in [-0.25, -0.2) is 9.37 Å². The molecule has 0 aliphatic heterocycles. The summed E-state index contributed by atoms with van der Waals surface area (Å²) in [5.41, 5.74) is 2.82. The van der Waals surface area contributed by atoms with E-state index in [9.17, 15) is 9.60 Å². The van der Waals surface area contributed by atoms with Crippen molar-refractivity contribution < 1.29 is 14.3 Å². The van der Waals surface area contributed by atoms with Gasteiger partial charge in [-0.05, 0) is 61.4 Å². The third kappa shape index (κ3) is 4.44. The minimum absolute atomic E-state index is 0.333. The van der Waals surface area contributed by atoms with Crippen molar-refractivity contribution in [1.29, 1.82) is 0 Å². The molecular weight excluding hydrogens is 321 g/mol. The summed E-state index contributed by atoms with van der Waals surface area (Å²) in [5, 5.41) is 12.6. The zero-order valence-corrected chi connectivity index (χ0v) is 13.5. The van der Waals surface area contributed by atoms with Crippen LogP contribution in [0.1, 0.15) is 23.2 Å². The Morgan fingerprint density at radius 2 is 1.76 bits per heavy atom. The number of benzene rings is 2. The molecular formula is C19H18FN3O2. The second-order valence-electron chi connectivity index (χ2n) is 5.51. The molecule has 0 saturated heterocycles. The molecule has 0 atom stereocenters. The topological polar surface area (TPSA) is 70.5 Å². The molecule has 5 nitrogen and oxygen atoms in total. The number of aromatic amines is 1. The van der Waals surface area contributed by atoms with Crippen molar-refractivity contribution in [3.8, 4) is 5.75 Å². The summed E-state index contributed by atoms with van der Waals surface area (Å²) in [4.78, 5) is 7.03. The summed E-state index contributed by atoms with van der Waals surface area (Å²) in [6.07, 6.45) is 5.23. The first-order valence-electron chi connectivity index (χ1n) is 7.95. The number of rotatable bonds is 7. The van der Waals surface area contributed by atoms with Gasteiger partial charge in [0.2, 0.25) is 0 Å². The maximum absolute atomic E-state index is 13.0. The molecule has 128 valence electrons. The van der Waals surface area contributed by atoms with Crippen LogP contribution in [0.15, 0.2) is 66.2 Å². The molecule has 0 amide bonds. The zero-order valence-electron chi connectivity index (χ0n) is 13.5. The van der Waals surface area contributed by atoms with Crippen LogP contribution in [-0.4, -0.2) is 27.5 Å². The SMILES string of the molecule is O/N=C(/c1ccc(F)cc1)c1ccc(OCCCc2cnc[nH]2)cc1. The number of halogens is 1. The fourth-order valence-corrected chi connectivity index (χ4v) is 2.47. The van der Waals surface area contributed by atoms with Crippen LogP contribution in [0, 0.1) is 5.82 Å². The van der Waals surface area contributed by atoms with Crippen LogP contribution in [0.2, 0.25) is 0 Å². The fourth-order valence-electron chi connectivity index (χ4n) is 2.47. The van der Waals surface area contributed by atoms with Gasteiger partial charge in [0.05, 0.1) is 12.9 Å². The van der Waals surface area contributed by atoms with E-state index in [1.54, 1.807) is 24.7 Å². The third-order valence-electron chi connectivity index (χ3n) is 3.76. The van der Waals surface area contributed by atoms with E-state index in [0.29, 0.717) is 17.9 Å². The number of hydrogen-bond donors (Lipinski definition) is 2. The van der Waals surface area contributed by atoms with Gasteiger partial charge in [0.1, 0.15) is 17.3 Å². The number of H-pyrrole nitrogens is 1. The molecule has 0 fully saturated rings. The number of nitrogens with zero attached hydrogens (tertiary/aromatic N) is 2. The zero-order chi connectivity index (χ0) is 17.5. The Hall–Kier alpha value is -3.15. The predicted octanol–water partition coefficient (Wildman–Crippen LogP) is 3.79. The number of imidazole rings is 1. The predicted molar refractivity (Wildman–Crippen MR) is 92.7 cm³/mol. The second kappa shape index (κ2) is 8.10. The molecule has 3 rings (SSSR count). The molecule has 0 aliphatic carbocycles. The summed E-state index contributed by atoms with van der Waals surface area (Å²) in [5.74, 6) is 0.407. The fraction of sp³-hybridized carbons (Fsp3) is 0.158. The number of hydrogen-bond acceptors (Lipinski definition) is 4. The number of oxime groups is 1. The number of ether oxygens (including phenoxy) is 1. The Morgan fingerprint density at radius 1 is 1.08 bits per heavy atom. The maximum Gasteiger partial charge on any atom is 0.123 e. The Bertz CT molecular complexity index is 813. The van der Waals surface area contributed by atoms with Crippen molar-refractivity contribution in [1.82, 2.24) is 9.97 Å². The van der Waals surface area contributed by atoms with E-state index in [0.717, 1.165) is 29.8 Å². The standard InChI is InChI=1S/C19H18FN3O2/c20-16-7-3-14(4-8-16)19(23-24)15-5-9-18(10-6-15)25-11-1-2-17-12-21-13-22-17/h3-10,12-13,24H,1-2,11H2,(H,21,22)/b23-19-. The van der Waals surface area contributed by atoms with E-state index in [1.165, 1.54) is 12.1 Å².